The predicted molar refractivity (Wildman–Crippen MR) is 48.4 cm³/mol. The lowest BCUT2D eigenvalue weighted by Crippen LogP contribution is -2.12. The van der Waals surface area contributed by atoms with Crippen molar-refractivity contribution in [3.8, 4) is 0 Å². The van der Waals surface area contributed by atoms with Crippen molar-refractivity contribution in [2.45, 2.75) is 19.9 Å². The highest BCUT2D eigenvalue weighted by atomic mass is 79.9. The van der Waals surface area contributed by atoms with E-state index >= 15 is 0 Å². The molecule has 1 aromatic heterocycles. The van der Waals surface area contributed by atoms with E-state index in [4.69, 9.17) is 4.42 Å². The highest BCUT2D eigenvalue weighted by Gasteiger charge is 1.96. The van der Waals surface area contributed by atoms with Crippen molar-refractivity contribution >= 4 is 15.9 Å². The third kappa shape index (κ3) is 3.08. The van der Waals surface area contributed by atoms with Crippen LogP contribution < -0.4 is 5.32 Å². The maximum atomic E-state index is 5.28. The summed E-state index contributed by atoms with van der Waals surface area (Å²) in [7, 11) is 0. The summed E-state index contributed by atoms with van der Waals surface area (Å²) in [4.78, 5) is 0. The molecule has 0 fully saturated rings. The minimum absolute atomic E-state index is 0.797. The van der Waals surface area contributed by atoms with Crippen LogP contribution in [0.5, 0.6) is 0 Å². The normalized spacial score (nSPS) is 10.4. The fourth-order valence-electron chi connectivity index (χ4n) is 0.835. The van der Waals surface area contributed by atoms with E-state index in [0.717, 1.165) is 29.9 Å². The number of hydrogen-bond donors (Lipinski definition) is 1. The lowest BCUT2D eigenvalue weighted by Gasteiger charge is -1.97. The molecule has 1 heterocycles. The maximum absolute atomic E-state index is 5.28. The van der Waals surface area contributed by atoms with Gasteiger partial charge in [0.15, 0.2) is 4.67 Å². The van der Waals surface area contributed by atoms with Crippen molar-refractivity contribution in [3.63, 3.8) is 0 Å². The van der Waals surface area contributed by atoms with Crippen LogP contribution in [0.25, 0.3) is 0 Å². The van der Waals surface area contributed by atoms with E-state index in [1.54, 1.807) is 0 Å². The molecule has 1 rings (SSSR count). The summed E-state index contributed by atoms with van der Waals surface area (Å²) >= 11 is 3.25. The molecule has 0 bridgehead atoms. The van der Waals surface area contributed by atoms with Gasteiger partial charge >= 0.3 is 0 Å². The van der Waals surface area contributed by atoms with E-state index in [0.29, 0.717) is 0 Å². The summed E-state index contributed by atoms with van der Waals surface area (Å²) in [5.74, 6) is 0.977. The van der Waals surface area contributed by atoms with Crippen LogP contribution >= 0.6 is 15.9 Å². The summed E-state index contributed by atoms with van der Waals surface area (Å²) < 4.78 is 6.08. The Morgan fingerprint density at radius 2 is 2.36 bits per heavy atom. The molecule has 0 amide bonds. The number of furan rings is 1. The first kappa shape index (κ1) is 8.81. The zero-order valence-electron chi connectivity index (χ0n) is 6.56. The van der Waals surface area contributed by atoms with Crippen LogP contribution in [-0.2, 0) is 6.54 Å². The number of rotatable bonds is 4. The number of halogens is 1. The first-order chi connectivity index (χ1) is 5.33. The zero-order chi connectivity index (χ0) is 8.10. The Morgan fingerprint density at radius 3 is 2.91 bits per heavy atom. The molecule has 0 atom stereocenters. The van der Waals surface area contributed by atoms with E-state index in [1.165, 1.54) is 0 Å². The Labute approximate surface area is 75.1 Å². The van der Waals surface area contributed by atoms with Crippen LogP contribution in [-0.4, -0.2) is 6.54 Å². The molecule has 0 spiro atoms. The minimum Gasteiger partial charge on any atom is -0.453 e. The molecule has 62 valence electrons. The average molecular weight is 218 g/mol. The molecule has 0 radical (unpaired) electrons. The van der Waals surface area contributed by atoms with E-state index in [2.05, 4.69) is 28.2 Å². The van der Waals surface area contributed by atoms with Gasteiger partial charge < -0.3 is 9.73 Å². The van der Waals surface area contributed by atoms with Crippen molar-refractivity contribution in [2.24, 2.45) is 0 Å². The molecular formula is C8H12BrNO. The molecule has 1 N–H and O–H groups in total. The smallest absolute Gasteiger partial charge is 0.169 e. The summed E-state index contributed by atoms with van der Waals surface area (Å²) in [5, 5.41) is 3.25. The van der Waals surface area contributed by atoms with Crippen LogP contribution in [0.4, 0.5) is 0 Å². The quantitative estimate of drug-likeness (QED) is 0.785. The molecule has 0 aliphatic rings. The first-order valence-electron chi connectivity index (χ1n) is 3.78. The number of hydrogen-bond acceptors (Lipinski definition) is 2. The van der Waals surface area contributed by atoms with Gasteiger partial charge in [0, 0.05) is 0 Å². The van der Waals surface area contributed by atoms with Crippen LogP contribution in [0.15, 0.2) is 21.2 Å². The maximum Gasteiger partial charge on any atom is 0.169 e. The molecule has 0 saturated heterocycles. The van der Waals surface area contributed by atoms with Crippen LogP contribution in [0.2, 0.25) is 0 Å². The van der Waals surface area contributed by atoms with Crippen molar-refractivity contribution in [1.82, 2.24) is 5.32 Å². The third-order valence-electron chi connectivity index (χ3n) is 1.35. The lowest BCUT2D eigenvalue weighted by atomic mass is 10.4. The Balaban J connectivity index is 2.27. The van der Waals surface area contributed by atoms with E-state index in [-0.39, 0.29) is 0 Å². The Hall–Kier alpha value is -0.280. The third-order valence-corrected chi connectivity index (χ3v) is 1.78. The van der Waals surface area contributed by atoms with Crippen LogP contribution in [0, 0.1) is 0 Å². The molecule has 0 saturated carbocycles. The van der Waals surface area contributed by atoms with Gasteiger partial charge in [0.25, 0.3) is 0 Å². The second kappa shape index (κ2) is 4.57. The Kier molecular flexibility index (Phi) is 3.66. The predicted octanol–water partition coefficient (Wildman–Crippen LogP) is 2.54. The van der Waals surface area contributed by atoms with Crippen molar-refractivity contribution in [3.05, 3.63) is 22.6 Å². The van der Waals surface area contributed by atoms with Crippen molar-refractivity contribution in [1.29, 1.82) is 0 Å². The minimum atomic E-state index is 0.797. The highest BCUT2D eigenvalue weighted by Crippen LogP contribution is 2.13. The average Bonchev–Trinajstić information content (AvgIpc) is 2.37. The molecule has 0 aliphatic carbocycles. The van der Waals surface area contributed by atoms with Gasteiger partial charge in [-0.1, -0.05) is 6.92 Å². The first-order valence-corrected chi connectivity index (χ1v) is 4.57. The van der Waals surface area contributed by atoms with Crippen LogP contribution in [0.1, 0.15) is 19.1 Å². The van der Waals surface area contributed by atoms with Gasteiger partial charge in [-0.25, -0.2) is 0 Å². The van der Waals surface area contributed by atoms with Gasteiger partial charge in [-0.3, -0.25) is 0 Å². The fourth-order valence-corrected chi connectivity index (χ4v) is 1.18. The van der Waals surface area contributed by atoms with Gasteiger partial charge in [0.1, 0.15) is 5.76 Å². The lowest BCUT2D eigenvalue weighted by molar-refractivity contribution is 0.465. The topological polar surface area (TPSA) is 25.2 Å². The number of nitrogens with one attached hydrogen (secondary N) is 1. The van der Waals surface area contributed by atoms with Gasteiger partial charge in [0.05, 0.1) is 6.54 Å². The fraction of sp³-hybridized carbons (Fsp3) is 0.500. The summed E-state index contributed by atoms with van der Waals surface area (Å²) in [6.45, 7) is 4.00. The standard InChI is InChI=1S/C8H12BrNO/c1-2-5-10-6-7-3-4-8(9)11-7/h3-4,10H,2,5-6H2,1H3. The molecule has 2 nitrogen and oxygen atoms in total. The SMILES string of the molecule is CCCNCc1ccc(Br)o1. The van der Waals surface area contributed by atoms with Gasteiger partial charge in [-0.2, -0.15) is 0 Å². The van der Waals surface area contributed by atoms with Crippen molar-refractivity contribution in [2.75, 3.05) is 6.54 Å². The summed E-state index contributed by atoms with van der Waals surface area (Å²) in [5.41, 5.74) is 0. The zero-order valence-corrected chi connectivity index (χ0v) is 8.15. The second-order valence-electron chi connectivity index (χ2n) is 2.38. The molecule has 0 aromatic carbocycles. The Morgan fingerprint density at radius 1 is 1.55 bits per heavy atom. The van der Waals surface area contributed by atoms with E-state index < -0.39 is 0 Å². The van der Waals surface area contributed by atoms with E-state index in [9.17, 15) is 0 Å². The molecule has 3 heteroatoms. The molecular weight excluding hydrogens is 206 g/mol. The monoisotopic (exact) mass is 217 g/mol. The van der Waals surface area contributed by atoms with Gasteiger partial charge in [-0.05, 0) is 41.0 Å². The highest BCUT2D eigenvalue weighted by molar-refractivity contribution is 9.10. The van der Waals surface area contributed by atoms with Crippen molar-refractivity contribution < 1.29 is 4.42 Å². The molecule has 1 aromatic rings. The molecule has 0 aliphatic heterocycles. The summed E-state index contributed by atoms with van der Waals surface area (Å²) in [6.07, 6.45) is 1.15. The summed E-state index contributed by atoms with van der Waals surface area (Å²) in [6, 6.07) is 3.87. The Bertz CT molecular complexity index is 210. The van der Waals surface area contributed by atoms with Crippen LogP contribution in [0.3, 0.4) is 0 Å². The van der Waals surface area contributed by atoms with E-state index in [1.807, 2.05) is 12.1 Å². The van der Waals surface area contributed by atoms with Gasteiger partial charge in [-0.15, -0.1) is 0 Å². The molecule has 11 heavy (non-hydrogen) atoms. The second-order valence-corrected chi connectivity index (χ2v) is 3.16. The molecule has 0 unspecified atom stereocenters. The largest absolute Gasteiger partial charge is 0.453 e. The van der Waals surface area contributed by atoms with Gasteiger partial charge in [0.2, 0.25) is 0 Å².